The third-order valence-corrected chi connectivity index (χ3v) is 4.15. The van der Waals surface area contributed by atoms with Gasteiger partial charge in [0.25, 0.3) is 0 Å². The van der Waals surface area contributed by atoms with Gasteiger partial charge < -0.3 is 5.32 Å². The number of imide groups is 1. The Labute approximate surface area is 109 Å². The van der Waals surface area contributed by atoms with Gasteiger partial charge in [0.15, 0.2) is 0 Å². The molecule has 18 heavy (non-hydrogen) atoms. The molecule has 2 amide bonds. The fraction of sp³-hybridized carbons (Fsp3) is 0.857. The first-order valence-electron chi connectivity index (χ1n) is 7.19. The lowest BCUT2D eigenvalue weighted by atomic mass is 10.0. The minimum atomic E-state index is -0.265. The van der Waals surface area contributed by atoms with E-state index in [2.05, 4.69) is 12.2 Å². The summed E-state index contributed by atoms with van der Waals surface area (Å²) in [7, 11) is 0. The Hall–Kier alpha value is -0.900. The van der Waals surface area contributed by atoms with Crippen LogP contribution >= 0.6 is 0 Å². The molecule has 0 aromatic rings. The molecule has 102 valence electrons. The zero-order chi connectivity index (χ0) is 13.2. The first kappa shape index (κ1) is 13.5. The van der Waals surface area contributed by atoms with Crippen LogP contribution in [-0.2, 0) is 9.59 Å². The van der Waals surface area contributed by atoms with Gasteiger partial charge in [0, 0.05) is 13.1 Å². The number of hydrogen-bond donors (Lipinski definition) is 1. The van der Waals surface area contributed by atoms with Gasteiger partial charge in [0.2, 0.25) is 11.8 Å². The largest absolute Gasteiger partial charge is 0.305 e. The maximum atomic E-state index is 12.0. The predicted octanol–water partition coefficient (Wildman–Crippen LogP) is 1.69. The number of hydrogen-bond acceptors (Lipinski definition) is 3. The second-order valence-corrected chi connectivity index (χ2v) is 5.77. The number of carbonyl (C=O) groups is 2. The molecule has 1 aliphatic carbocycles. The Morgan fingerprint density at radius 2 is 2.00 bits per heavy atom. The summed E-state index contributed by atoms with van der Waals surface area (Å²) in [4.78, 5) is 25.2. The molecule has 0 radical (unpaired) electrons. The molecule has 1 saturated heterocycles. The molecule has 1 saturated carbocycles. The summed E-state index contributed by atoms with van der Waals surface area (Å²) in [6.45, 7) is 5.65. The van der Waals surface area contributed by atoms with Gasteiger partial charge in [-0.1, -0.05) is 20.3 Å². The van der Waals surface area contributed by atoms with E-state index in [1.807, 2.05) is 6.92 Å². The normalized spacial score (nSPS) is 25.9. The highest BCUT2D eigenvalue weighted by atomic mass is 16.2. The van der Waals surface area contributed by atoms with Crippen LogP contribution in [-0.4, -0.2) is 35.8 Å². The van der Waals surface area contributed by atoms with Crippen molar-refractivity contribution < 1.29 is 9.59 Å². The smallest absolute Gasteiger partial charge is 0.246 e. The molecule has 1 N–H and O–H groups in total. The van der Waals surface area contributed by atoms with Crippen molar-refractivity contribution in [3.8, 4) is 0 Å². The minimum absolute atomic E-state index is 0.0142. The lowest BCUT2D eigenvalue weighted by Crippen LogP contribution is -2.41. The second-order valence-electron chi connectivity index (χ2n) is 5.77. The topological polar surface area (TPSA) is 49.4 Å². The Morgan fingerprint density at radius 1 is 1.28 bits per heavy atom. The second kappa shape index (κ2) is 5.39. The van der Waals surface area contributed by atoms with Gasteiger partial charge in [-0.15, -0.1) is 0 Å². The van der Waals surface area contributed by atoms with E-state index in [0.717, 1.165) is 13.0 Å². The number of carbonyl (C=O) groups excluding carboxylic acids is 2. The Bertz CT molecular complexity index is 337. The van der Waals surface area contributed by atoms with Gasteiger partial charge in [-0.2, -0.15) is 0 Å². The molecule has 0 bridgehead atoms. The average Bonchev–Trinajstić information content (AvgIpc) is 3.05. The summed E-state index contributed by atoms with van der Waals surface area (Å²) >= 11 is 0. The molecular formula is C14H24N2O2. The van der Waals surface area contributed by atoms with Gasteiger partial charge in [-0.3, -0.25) is 14.5 Å². The van der Waals surface area contributed by atoms with Crippen LogP contribution in [0.5, 0.6) is 0 Å². The summed E-state index contributed by atoms with van der Waals surface area (Å²) in [5.74, 6) is -0.0335. The average molecular weight is 252 g/mol. The predicted molar refractivity (Wildman–Crippen MR) is 70.0 cm³/mol. The Morgan fingerprint density at radius 3 is 2.56 bits per heavy atom. The first-order chi connectivity index (χ1) is 8.62. The number of nitrogens with one attached hydrogen (secondary N) is 1. The van der Waals surface area contributed by atoms with E-state index in [1.165, 1.54) is 30.6 Å². The molecule has 2 rings (SSSR count). The zero-order valence-corrected chi connectivity index (χ0v) is 11.5. The summed E-state index contributed by atoms with van der Waals surface area (Å²) in [5.41, 5.74) is 0.427. The number of amides is 2. The van der Waals surface area contributed by atoms with Crippen molar-refractivity contribution in [1.29, 1.82) is 0 Å². The van der Waals surface area contributed by atoms with E-state index in [-0.39, 0.29) is 17.9 Å². The van der Waals surface area contributed by atoms with E-state index in [4.69, 9.17) is 0 Å². The lowest BCUT2D eigenvalue weighted by molar-refractivity contribution is -0.138. The molecule has 1 atom stereocenters. The van der Waals surface area contributed by atoms with Crippen molar-refractivity contribution in [3.63, 3.8) is 0 Å². The van der Waals surface area contributed by atoms with Crippen molar-refractivity contribution in [2.24, 2.45) is 5.41 Å². The van der Waals surface area contributed by atoms with Gasteiger partial charge in [-0.05, 0) is 31.1 Å². The first-order valence-corrected chi connectivity index (χ1v) is 7.19. The standard InChI is InChI=1S/C14H24N2O2/c1-3-5-14(6-7-14)10-15-11-9-12(17)16(8-4-2)13(11)18/h11,15H,3-10H2,1-2H3. The Balaban J connectivity index is 1.84. The number of nitrogens with zero attached hydrogens (tertiary/aromatic N) is 1. The highest BCUT2D eigenvalue weighted by Gasteiger charge is 2.44. The van der Waals surface area contributed by atoms with E-state index in [1.54, 1.807) is 0 Å². The fourth-order valence-corrected chi connectivity index (χ4v) is 2.86. The Kier molecular flexibility index (Phi) is 4.05. The third-order valence-electron chi connectivity index (χ3n) is 4.15. The molecule has 1 heterocycles. The molecule has 4 nitrogen and oxygen atoms in total. The van der Waals surface area contributed by atoms with E-state index < -0.39 is 0 Å². The number of likely N-dealkylation sites (tertiary alicyclic amines) is 1. The summed E-state index contributed by atoms with van der Waals surface area (Å²) in [5, 5.41) is 3.33. The van der Waals surface area contributed by atoms with Gasteiger partial charge in [0.05, 0.1) is 12.5 Å². The quantitative estimate of drug-likeness (QED) is 0.702. The van der Waals surface area contributed by atoms with E-state index in [0.29, 0.717) is 18.4 Å². The van der Waals surface area contributed by atoms with Crippen LogP contribution < -0.4 is 5.32 Å². The molecule has 0 aromatic carbocycles. The SMILES string of the molecule is CCCN1C(=O)CC(NCC2(CCC)CC2)C1=O. The number of rotatable bonds is 7. The highest BCUT2D eigenvalue weighted by molar-refractivity contribution is 6.05. The molecule has 0 aromatic heterocycles. The van der Waals surface area contributed by atoms with E-state index in [9.17, 15) is 9.59 Å². The van der Waals surface area contributed by atoms with Gasteiger partial charge in [-0.25, -0.2) is 0 Å². The summed E-state index contributed by atoms with van der Waals surface area (Å²) < 4.78 is 0. The van der Waals surface area contributed by atoms with Crippen molar-refractivity contribution in [2.75, 3.05) is 13.1 Å². The lowest BCUT2D eigenvalue weighted by Gasteiger charge is -2.18. The monoisotopic (exact) mass is 252 g/mol. The minimum Gasteiger partial charge on any atom is -0.305 e. The van der Waals surface area contributed by atoms with Crippen molar-refractivity contribution in [2.45, 2.75) is 58.4 Å². The van der Waals surface area contributed by atoms with Crippen LogP contribution in [0.15, 0.2) is 0 Å². The molecule has 2 fully saturated rings. The highest BCUT2D eigenvalue weighted by Crippen LogP contribution is 2.49. The van der Waals surface area contributed by atoms with Crippen LogP contribution in [0.4, 0.5) is 0 Å². The van der Waals surface area contributed by atoms with Crippen molar-refractivity contribution in [3.05, 3.63) is 0 Å². The molecular weight excluding hydrogens is 228 g/mol. The van der Waals surface area contributed by atoms with Crippen LogP contribution in [0, 0.1) is 5.41 Å². The molecule has 4 heteroatoms. The van der Waals surface area contributed by atoms with Crippen LogP contribution in [0.25, 0.3) is 0 Å². The van der Waals surface area contributed by atoms with Crippen molar-refractivity contribution >= 4 is 11.8 Å². The zero-order valence-electron chi connectivity index (χ0n) is 11.5. The van der Waals surface area contributed by atoms with Crippen LogP contribution in [0.3, 0.4) is 0 Å². The van der Waals surface area contributed by atoms with E-state index >= 15 is 0 Å². The van der Waals surface area contributed by atoms with Crippen LogP contribution in [0.1, 0.15) is 52.4 Å². The summed E-state index contributed by atoms with van der Waals surface area (Å²) in [6.07, 6.45) is 6.14. The third kappa shape index (κ3) is 2.74. The van der Waals surface area contributed by atoms with Crippen molar-refractivity contribution in [1.82, 2.24) is 10.2 Å². The fourth-order valence-electron chi connectivity index (χ4n) is 2.86. The van der Waals surface area contributed by atoms with Gasteiger partial charge in [0.1, 0.15) is 0 Å². The maximum Gasteiger partial charge on any atom is 0.246 e. The molecule has 1 aliphatic heterocycles. The van der Waals surface area contributed by atoms with Gasteiger partial charge >= 0.3 is 0 Å². The maximum absolute atomic E-state index is 12.0. The summed E-state index contributed by atoms with van der Waals surface area (Å²) in [6, 6.07) is -0.265. The van der Waals surface area contributed by atoms with Crippen LogP contribution in [0.2, 0.25) is 0 Å². The molecule has 0 spiro atoms. The molecule has 2 aliphatic rings. The molecule has 1 unspecified atom stereocenters.